The monoisotopic (exact) mass is 401 g/mol. The highest BCUT2D eigenvalue weighted by atomic mass is 35.5. The van der Waals surface area contributed by atoms with E-state index in [9.17, 15) is 9.59 Å². The number of carbonyl (C=O) groups excluding carboxylic acids is 2. The molecule has 2 rings (SSSR count). The Kier molecular flexibility index (Phi) is 15.0. The van der Waals surface area contributed by atoms with Gasteiger partial charge in [0.2, 0.25) is 5.24 Å². The molecule has 0 spiro atoms. The molecule has 2 aromatic carbocycles. The smallest absolute Gasteiger partial charge is 0.222 e. The van der Waals surface area contributed by atoms with Gasteiger partial charge >= 0.3 is 0 Å². The van der Waals surface area contributed by atoms with E-state index in [1.807, 2.05) is 60.7 Å². The number of nitrogen functional groups attached to an aromatic ring is 1. The fraction of sp³-hybridized carbons (Fsp3) is 0.263. The molecule has 0 aromatic heterocycles. The first kappa shape index (κ1) is 23.4. The Hall–Kier alpha value is -1.55. The zero-order valence-electron chi connectivity index (χ0n) is 13.8. The van der Waals surface area contributed by atoms with Crippen LogP contribution in [-0.4, -0.2) is 22.8 Å². The number of ketones is 1. The molecule has 2 aromatic rings. The molecule has 136 valence electrons. The largest absolute Gasteiger partial charge is 0.399 e. The van der Waals surface area contributed by atoms with Crippen molar-refractivity contribution in [1.29, 1.82) is 0 Å². The van der Waals surface area contributed by atoms with Crippen LogP contribution in [0.5, 0.6) is 0 Å². The van der Waals surface area contributed by atoms with Gasteiger partial charge in [-0.2, -0.15) is 0 Å². The lowest BCUT2D eigenvalue weighted by atomic mass is 10.1. The summed E-state index contributed by atoms with van der Waals surface area (Å²) >= 11 is 15.4. The van der Waals surface area contributed by atoms with Crippen LogP contribution in [0, 0.1) is 0 Å². The molecule has 0 unspecified atom stereocenters. The van der Waals surface area contributed by atoms with Crippen molar-refractivity contribution >= 4 is 51.5 Å². The van der Waals surface area contributed by atoms with Gasteiger partial charge in [0.05, 0.1) is 0 Å². The van der Waals surface area contributed by atoms with Gasteiger partial charge in [-0.25, -0.2) is 0 Å². The number of Topliss-reactive ketones (excluding diaryl/α,β-unsaturated/α-hetero) is 1. The van der Waals surface area contributed by atoms with Crippen molar-refractivity contribution < 1.29 is 9.59 Å². The molecule has 0 bridgehead atoms. The lowest BCUT2D eigenvalue weighted by Crippen LogP contribution is -2.02. The zero-order chi connectivity index (χ0) is 18.9. The summed E-state index contributed by atoms with van der Waals surface area (Å²) in [6, 6.07) is 19.2. The fourth-order valence-corrected chi connectivity index (χ4v) is 2.12. The maximum atomic E-state index is 11.1. The van der Waals surface area contributed by atoms with Gasteiger partial charge in [-0.15, -0.1) is 23.2 Å². The van der Waals surface area contributed by atoms with Gasteiger partial charge in [0.15, 0.2) is 0 Å². The number of alkyl halides is 2. The number of hydrogen-bond acceptors (Lipinski definition) is 3. The highest BCUT2D eigenvalue weighted by Crippen LogP contribution is 2.02. The van der Waals surface area contributed by atoms with Crippen molar-refractivity contribution in [3.05, 3.63) is 66.2 Å². The van der Waals surface area contributed by atoms with E-state index in [0.717, 1.165) is 11.3 Å². The first-order valence-corrected chi connectivity index (χ1v) is 9.10. The third-order valence-corrected chi connectivity index (χ3v) is 3.28. The van der Waals surface area contributed by atoms with Crippen LogP contribution in [0.25, 0.3) is 0 Å². The molecular weight excluding hydrogens is 381 g/mol. The fourth-order valence-electron chi connectivity index (χ4n) is 1.54. The van der Waals surface area contributed by atoms with E-state index in [1.54, 1.807) is 0 Å². The van der Waals surface area contributed by atoms with Gasteiger partial charge in [0, 0.05) is 36.7 Å². The SMILES string of the molecule is Nc1ccccc1.O=C(CCCl)Cc1ccccc1.O=C(Cl)CCCl. The Morgan fingerprint density at radius 2 is 1.28 bits per heavy atom. The van der Waals surface area contributed by atoms with E-state index in [1.165, 1.54) is 0 Å². The van der Waals surface area contributed by atoms with Crippen molar-refractivity contribution in [2.45, 2.75) is 19.3 Å². The molecule has 0 radical (unpaired) electrons. The Bertz CT molecular complexity index is 592. The van der Waals surface area contributed by atoms with Gasteiger partial charge in [-0.3, -0.25) is 9.59 Å². The van der Waals surface area contributed by atoms with Crippen LogP contribution in [0.1, 0.15) is 18.4 Å². The van der Waals surface area contributed by atoms with Crippen molar-refractivity contribution in [1.82, 2.24) is 0 Å². The number of para-hydroxylation sites is 1. The highest BCUT2D eigenvalue weighted by Gasteiger charge is 2.01. The first-order valence-electron chi connectivity index (χ1n) is 7.66. The second-order valence-corrected chi connectivity index (χ2v) is 6.02. The van der Waals surface area contributed by atoms with E-state index in [-0.39, 0.29) is 17.4 Å². The molecule has 0 atom stereocenters. The molecule has 0 aliphatic rings. The summed E-state index contributed by atoms with van der Waals surface area (Å²) in [7, 11) is 0. The molecule has 0 heterocycles. The maximum Gasteiger partial charge on any atom is 0.222 e. The standard InChI is InChI=1S/C10H11ClO.C6H7N.C3H4Cl2O/c11-7-6-10(12)8-9-4-2-1-3-5-9;7-6-4-2-1-3-5-6;4-2-1-3(5)6/h1-5H,6-8H2;1-5H,7H2;1-2H2. The molecule has 0 saturated heterocycles. The summed E-state index contributed by atoms with van der Waals surface area (Å²) < 4.78 is 0. The predicted molar refractivity (Wildman–Crippen MR) is 108 cm³/mol. The second-order valence-electron chi connectivity index (χ2n) is 4.84. The molecule has 2 N–H and O–H groups in total. The van der Waals surface area contributed by atoms with Crippen molar-refractivity contribution in [2.24, 2.45) is 0 Å². The number of nitrogens with two attached hydrogens (primary N) is 1. The van der Waals surface area contributed by atoms with E-state index < -0.39 is 0 Å². The van der Waals surface area contributed by atoms with Gasteiger partial charge in [0.1, 0.15) is 5.78 Å². The summed E-state index contributed by atoms with van der Waals surface area (Å²) in [5.41, 5.74) is 7.24. The normalized spacial score (nSPS) is 9.08. The molecular formula is C19H22Cl3NO2. The highest BCUT2D eigenvalue weighted by molar-refractivity contribution is 6.63. The van der Waals surface area contributed by atoms with Gasteiger partial charge in [-0.05, 0) is 29.3 Å². The number of rotatable bonds is 6. The lowest BCUT2D eigenvalue weighted by Gasteiger charge is -1.97. The molecule has 6 heteroatoms. The average molecular weight is 403 g/mol. The van der Waals surface area contributed by atoms with E-state index in [4.69, 9.17) is 40.5 Å². The van der Waals surface area contributed by atoms with Gasteiger partial charge < -0.3 is 5.73 Å². The van der Waals surface area contributed by atoms with Crippen LogP contribution < -0.4 is 5.73 Å². The number of halogens is 3. The van der Waals surface area contributed by atoms with Crippen LogP contribution in [0.4, 0.5) is 5.69 Å². The van der Waals surface area contributed by atoms with Crippen molar-refractivity contribution in [3.63, 3.8) is 0 Å². The topological polar surface area (TPSA) is 60.2 Å². The summed E-state index contributed by atoms with van der Waals surface area (Å²) in [6.45, 7) is 0. The van der Waals surface area contributed by atoms with Crippen LogP contribution in [0.15, 0.2) is 60.7 Å². The Labute approximate surface area is 164 Å². The van der Waals surface area contributed by atoms with Crippen LogP contribution in [0.2, 0.25) is 0 Å². The minimum absolute atomic E-state index is 0.205. The molecule has 25 heavy (non-hydrogen) atoms. The van der Waals surface area contributed by atoms with E-state index in [2.05, 4.69) is 0 Å². The average Bonchev–Trinajstić information content (AvgIpc) is 2.58. The van der Waals surface area contributed by atoms with Crippen LogP contribution in [0.3, 0.4) is 0 Å². The summed E-state index contributed by atoms with van der Waals surface area (Å²) in [5.74, 6) is 0.949. The molecule has 0 saturated carbocycles. The second kappa shape index (κ2) is 15.9. The van der Waals surface area contributed by atoms with Crippen LogP contribution in [-0.2, 0) is 16.0 Å². The first-order chi connectivity index (χ1) is 12.0. The van der Waals surface area contributed by atoms with Crippen molar-refractivity contribution in [3.8, 4) is 0 Å². The Morgan fingerprint density at radius 3 is 1.60 bits per heavy atom. The summed E-state index contributed by atoms with van der Waals surface area (Å²) in [4.78, 5) is 20.9. The minimum atomic E-state index is -0.370. The third-order valence-electron chi connectivity index (χ3n) is 2.71. The van der Waals surface area contributed by atoms with Gasteiger partial charge in [-0.1, -0.05) is 48.5 Å². The predicted octanol–water partition coefficient (Wildman–Crippen LogP) is 5.08. The number of carbonyl (C=O) groups is 2. The molecule has 0 fully saturated rings. The van der Waals surface area contributed by atoms with E-state index in [0.29, 0.717) is 24.6 Å². The van der Waals surface area contributed by atoms with Crippen molar-refractivity contribution in [2.75, 3.05) is 17.5 Å². The molecule has 3 nitrogen and oxygen atoms in total. The maximum absolute atomic E-state index is 11.1. The number of benzene rings is 2. The zero-order valence-corrected chi connectivity index (χ0v) is 16.1. The van der Waals surface area contributed by atoms with Crippen LogP contribution >= 0.6 is 34.8 Å². The molecule has 0 aliphatic heterocycles. The quantitative estimate of drug-likeness (QED) is 0.416. The summed E-state index contributed by atoms with van der Waals surface area (Å²) in [6.07, 6.45) is 1.24. The van der Waals surface area contributed by atoms with Gasteiger partial charge in [0.25, 0.3) is 0 Å². The molecule has 0 aliphatic carbocycles. The Morgan fingerprint density at radius 1 is 0.800 bits per heavy atom. The summed E-state index contributed by atoms with van der Waals surface area (Å²) in [5, 5.41) is -0.370. The third kappa shape index (κ3) is 15.7. The number of hydrogen-bond donors (Lipinski definition) is 1. The minimum Gasteiger partial charge on any atom is -0.399 e. The number of anilines is 1. The Balaban J connectivity index is 0.000000378. The lowest BCUT2D eigenvalue weighted by molar-refractivity contribution is -0.118. The van der Waals surface area contributed by atoms with E-state index >= 15 is 0 Å². The molecule has 0 amide bonds.